The van der Waals surface area contributed by atoms with E-state index in [1.165, 1.54) is 4.90 Å². The fourth-order valence-corrected chi connectivity index (χ4v) is 3.19. The summed E-state index contributed by atoms with van der Waals surface area (Å²) >= 11 is 0. The van der Waals surface area contributed by atoms with Crippen molar-refractivity contribution in [3.63, 3.8) is 0 Å². The number of rotatable bonds is 5. The molecule has 22 heavy (non-hydrogen) atoms. The predicted octanol–water partition coefficient (Wildman–Crippen LogP) is 1.52. The van der Waals surface area contributed by atoms with Gasteiger partial charge in [0, 0.05) is 19.6 Å². The SMILES string of the molecule is O=C1c2ccccc2C(=O)N1CCCCN1CCC(O)CC1. The van der Waals surface area contributed by atoms with Crippen LogP contribution in [0.4, 0.5) is 0 Å². The molecule has 0 radical (unpaired) electrons. The van der Waals surface area contributed by atoms with Crippen LogP contribution in [0.1, 0.15) is 46.4 Å². The smallest absolute Gasteiger partial charge is 0.261 e. The first-order valence-electron chi connectivity index (χ1n) is 8.02. The number of benzene rings is 1. The Hall–Kier alpha value is -1.72. The molecule has 2 heterocycles. The van der Waals surface area contributed by atoms with Crippen molar-refractivity contribution >= 4 is 11.8 Å². The van der Waals surface area contributed by atoms with E-state index in [1.54, 1.807) is 24.3 Å². The summed E-state index contributed by atoms with van der Waals surface area (Å²) in [5, 5.41) is 9.48. The summed E-state index contributed by atoms with van der Waals surface area (Å²) in [7, 11) is 0. The molecular weight excluding hydrogens is 280 g/mol. The van der Waals surface area contributed by atoms with Crippen molar-refractivity contribution in [3.05, 3.63) is 35.4 Å². The quantitative estimate of drug-likeness (QED) is 0.662. The van der Waals surface area contributed by atoms with Crippen molar-refractivity contribution in [2.45, 2.75) is 31.8 Å². The lowest BCUT2D eigenvalue weighted by atomic mass is 10.1. The molecule has 3 rings (SSSR count). The topological polar surface area (TPSA) is 60.9 Å². The minimum atomic E-state index is -0.165. The number of piperidine rings is 1. The number of carbonyl (C=O) groups is 2. The van der Waals surface area contributed by atoms with Gasteiger partial charge < -0.3 is 10.0 Å². The summed E-state index contributed by atoms with van der Waals surface area (Å²) < 4.78 is 0. The molecule has 2 amide bonds. The number of nitrogens with zero attached hydrogens (tertiary/aromatic N) is 2. The van der Waals surface area contributed by atoms with Crippen LogP contribution in [-0.4, -0.2) is 59.0 Å². The molecule has 2 aliphatic rings. The van der Waals surface area contributed by atoms with E-state index >= 15 is 0 Å². The van der Waals surface area contributed by atoms with Gasteiger partial charge in [-0.2, -0.15) is 0 Å². The molecule has 1 fully saturated rings. The largest absolute Gasteiger partial charge is 0.393 e. The second kappa shape index (κ2) is 6.58. The van der Waals surface area contributed by atoms with Crippen LogP contribution in [0, 0.1) is 0 Å². The summed E-state index contributed by atoms with van der Waals surface area (Å²) in [6, 6.07) is 7.01. The van der Waals surface area contributed by atoms with Crippen LogP contribution >= 0.6 is 0 Å². The maximum atomic E-state index is 12.2. The van der Waals surface area contributed by atoms with E-state index in [0.29, 0.717) is 17.7 Å². The molecule has 0 unspecified atom stereocenters. The van der Waals surface area contributed by atoms with Crippen LogP contribution in [0.15, 0.2) is 24.3 Å². The highest BCUT2D eigenvalue weighted by atomic mass is 16.3. The van der Waals surface area contributed by atoms with Crippen molar-refractivity contribution in [1.29, 1.82) is 0 Å². The van der Waals surface area contributed by atoms with Gasteiger partial charge in [-0.1, -0.05) is 12.1 Å². The van der Waals surface area contributed by atoms with Crippen LogP contribution in [0.5, 0.6) is 0 Å². The fourth-order valence-electron chi connectivity index (χ4n) is 3.19. The minimum Gasteiger partial charge on any atom is -0.393 e. The Balaban J connectivity index is 1.45. The predicted molar refractivity (Wildman–Crippen MR) is 82.7 cm³/mol. The molecule has 0 saturated carbocycles. The molecule has 1 aromatic carbocycles. The van der Waals surface area contributed by atoms with Crippen LogP contribution in [0.25, 0.3) is 0 Å². The highest BCUT2D eigenvalue weighted by Gasteiger charge is 2.34. The molecule has 0 spiro atoms. The molecule has 1 aromatic rings. The minimum absolute atomic E-state index is 0.144. The van der Waals surface area contributed by atoms with Gasteiger partial charge in [-0.25, -0.2) is 0 Å². The average Bonchev–Trinajstić information content (AvgIpc) is 2.78. The number of likely N-dealkylation sites (tertiary alicyclic amines) is 1. The molecule has 1 N–H and O–H groups in total. The lowest BCUT2D eigenvalue weighted by molar-refractivity contribution is 0.0641. The van der Waals surface area contributed by atoms with Gasteiger partial charge in [0.25, 0.3) is 11.8 Å². The molecular formula is C17H22N2O3. The highest BCUT2D eigenvalue weighted by molar-refractivity contribution is 6.21. The van der Waals surface area contributed by atoms with Crippen molar-refractivity contribution in [1.82, 2.24) is 9.80 Å². The molecule has 0 bridgehead atoms. The Morgan fingerprint density at radius 2 is 1.50 bits per heavy atom. The zero-order chi connectivity index (χ0) is 15.5. The lowest BCUT2D eigenvalue weighted by Gasteiger charge is -2.29. The Bertz CT molecular complexity index is 530. The van der Waals surface area contributed by atoms with Gasteiger partial charge in [-0.15, -0.1) is 0 Å². The molecule has 118 valence electrons. The Labute approximate surface area is 130 Å². The zero-order valence-electron chi connectivity index (χ0n) is 12.7. The van der Waals surface area contributed by atoms with Gasteiger partial charge in [0.15, 0.2) is 0 Å². The summed E-state index contributed by atoms with van der Waals surface area (Å²) in [5.41, 5.74) is 1.05. The molecule has 1 saturated heterocycles. The maximum absolute atomic E-state index is 12.2. The normalized spacial score (nSPS) is 19.8. The molecule has 5 nitrogen and oxygen atoms in total. The van der Waals surface area contributed by atoms with Crippen LogP contribution in [0.3, 0.4) is 0 Å². The van der Waals surface area contributed by atoms with Crippen LogP contribution < -0.4 is 0 Å². The number of amides is 2. The van der Waals surface area contributed by atoms with Crippen molar-refractivity contribution in [2.24, 2.45) is 0 Å². The number of unbranched alkanes of at least 4 members (excludes halogenated alkanes) is 1. The maximum Gasteiger partial charge on any atom is 0.261 e. The summed E-state index contributed by atoms with van der Waals surface area (Å²) in [6.45, 7) is 3.33. The van der Waals surface area contributed by atoms with Crippen molar-refractivity contribution < 1.29 is 14.7 Å². The van der Waals surface area contributed by atoms with Gasteiger partial charge in [-0.05, 0) is 44.4 Å². The first kappa shape index (κ1) is 15.2. The summed E-state index contributed by atoms with van der Waals surface area (Å²) in [5.74, 6) is -0.330. The second-order valence-corrected chi connectivity index (χ2v) is 6.09. The van der Waals surface area contributed by atoms with Crippen molar-refractivity contribution in [3.8, 4) is 0 Å². The number of hydrogen-bond acceptors (Lipinski definition) is 4. The first-order valence-corrected chi connectivity index (χ1v) is 8.02. The zero-order valence-corrected chi connectivity index (χ0v) is 12.7. The van der Waals surface area contributed by atoms with Gasteiger partial charge in [0.2, 0.25) is 0 Å². The first-order chi connectivity index (χ1) is 10.7. The van der Waals surface area contributed by atoms with Gasteiger partial charge in [0.1, 0.15) is 0 Å². The number of carbonyl (C=O) groups excluding carboxylic acids is 2. The third kappa shape index (κ3) is 3.05. The van der Waals surface area contributed by atoms with Crippen molar-refractivity contribution in [2.75, 3.05) is 26.2 Å². The number of aliphatic hydroxyl groups excluding tert-OH is 1. The lowest BCUT2D eigenvalue weighted by Crippen LogP contribution is -2.37. The van der Waals surface area contributed by atoms with Crippen LogP contribution in [0.2, 0.25) is 0 Å². The van der Waals surface area contributed by atoms with Crippen LogP contribution in [-0.2, 0) is 0 Å². The Morgan fingerprint density at radius 1 is 0.955 bits per heavy atom. The summed E-state index contributed by atoms with van der Waals surface area (Å²) in [6.07, 6.45) is 3.33. The highest BCUT2D eigenvalue weighted by Crippen LogP contribution is 2.22. The van der Waals surface area contributed by atoms with Gasteiger partial charge in [0.05, 0.1) is 17.2 Å². The molecule has 0 aliphatic carbocycles. The molecule has 5 heteroatoms. The number of hydrogen-bond donors (Lipinski definition) is 1. The fraction of sp³-hybridized carbons (Fsp3) is 0.529. The number of fused-ring (bicyclic) bond motifs is 1. The van der Waals surface area contributed by atoms with E-state index < -0.39 is 0 Å². The van der Waals surface area contributed by atoms with Gasteiger partial charge >= 0.3 is 0 Å². The molecule has 2 aliphatic heterocycles. The van der Waals surface area contributed by atoms with E-state index in [4.69, 9.17) is 0 Å². The standard InChI is InChI=1S/C17H22N2O3/c20-13-7-11-18(12-8-13)9-3-4-10-19-16(21)14-5-1-2-6-15(14)17(19)22/h1-2,5-6,13,20H,3-4,7-12H2. The van der Waals surface area contributed by atoms with Gasteiger partial charge in [-0.3, -0.25) is 14.5 Å². The third-order valence-corrected chi connectivity index (χ3v) is 4.54. The molecule has 0 aromatic heterocycles. The summed E-state index contributed by atoms with van der Waals surface area (Å²) in [4.78, 5) is 28.1. The number of imide groups is 1. The van der Waals surface area contributed by atoms with E-state index in [-0.39, 0.29) is 17.9 Å². The number of aliphatic hydroxyl groups is 1. The Morgan fingerprint density at radius 3 is 2.09 bits per heavy atom. The Kier molecular flexibility index (Phi) is 4.55. The van der Waals surface area contributed by atoms with E-state index in [0.717, 1.165) is 45.3 Å². The van der Waals surface area contributed by atoms with E-state index in [1.807, 2.05) is 0 Å². The average molecular weight is 302 g/mol. The third-order valence-electron chi connectivity index (χ3n) is 4.54. The molecule has 0 atom stereocenters. The monoisotopic (exact) mass is 302 g/mol. The van der Waals surface area contributed by atoms with E-state index in [9.17, 15) is 14.7 Å². The second-order valence-electron chi connectivity index (χ2n) is 6.09. The van der Waals surface area contributed by atoms with E-state index in [2.05, 4.69) is 4.90 Å².